The van der Waals surface area contributed by atoms with Crippen LogP contribution in [0.15, 0.2) is 0 Å². The molecule has 8 aliphatic carbocycles. The van der Waals surface area contributed by atoms with Gasteiger partial charge >= 0.3 is 53.7 Å². The second-order valence-corrected chi connectivity index (χ2v) is 31.5. The van der Waals surface area contributed by atoms with Crippen molar-refractivity contribution in [3.8, 4) is 0 Å². The first-order valence-corrected chi connectivity index (χ1v) is 33.8. The maximum absolute atomic E-state index is 12.4. The quantitative estimate of drug-likeness (QED) is 0.0504. The third-order valence-corrected chi connectivity index (χ3v) is 22.8. The SMILES string of the molecule is CCC(C)(C)C(=O)OC12CC3CC(C1)OC(=O)C(C3)C2.CCC(C)(C)C(=O)OCC(=O)OC12CC3CC(C1)OC(=O)C(C3)C2.CCC(C)(C)C(=O)OCCOC12CC3CC(C1)OC(=O)C(C3)C2.CCC(C)(C)C(=O)OCOC1C2CC3CC(C2)C(=O)OC1C3. The molecule has 17 atom stereocenters. The summed E-state index contributed by atoms with van der Waals surface area (Å²) < 4.78 is 61.6. The van der Waals surface area contributed by atoms with Crippen LogP contribution < -0.4 is 0 Å². The number of fused-ring (bicyclic) bond motifs is 4. The molecule has 8 aliphatic heterocycles. The number of carbonyl (C=O) groups is 9. The van der Waals surface area contributed by atoms with Gasteiger partial charge in [0.2, 0.25) is 0 Å². The Labute approximate surface area is 526 Å². The Hall–Kier alpha value is -4.85. The molecular weight excluding hydrogens is 1150 g/mol. The molecule has 0 aromatic heterocycles. The Bertz CT molecular complexity index is 2640. The Balaban J connectivity index is 0.000000141. The summed E-state index contributed by atoms with van der Waals surface area (Å²) in [5.74, 6) is 0.262. The van der Waals surface area contributed by atoms with E-state index >= 15 is 0 Å². The van der Waals surface area contributed by atoms with Crippen molar-refractivity contribution in [3.63, 3.8) is 0 Å². The van der Waals surface area contributed by atoms with E-state index in [-0.39, 0.29) is 122 Å². The highest BCUT2D eigenvalue weighted by atomic mass is 16.7. The Morgan fingerprint density at radius 1 is 0.416 bits per heavy atom. The number of esters is 9. The highest BCUT2D eigenvalue weighted by molar-refractivity contribution is 5.81. The van der Waals surface area contributed by atoms with E-state index in [2.05, 4.69) is 0 Å². The van der Waals surface area contributed by atoms with Gasteiger partial charge < -0.3 is 52.1 Å². The largest absolute Gasteiger partial charge is 0.463 e. The summed E-state index contributed by atoms with van der Waals surface area (Å²) in [6.07, 6.45) is 18.3. The van der Waals surface area contributed by atoms with Crippen LogP contribution in [0, 0.1) is 74.9 Å². The van der Waals surface area contributed by atoms with Crippen LogP contribution in [0.2, 0.25) is 0 Å². The van der Waals surface area contributed by atoms with Gasteiger partial charge in [0.25, 0.3) is 0 Å². The average Bonchev–Trinajstić information content (AvgIpc) is 1.82. The minimum atomic E-state index is -0.633. The molecule has 0 aromatic carbocycles. The van der Waals surface area contributed by atoms with E-state index in [4.69, 9.17) is 52.1 Å². The van der Waals surface area contributed by atoms with Crippen molar-refractivity contribution in [2.75, 3.05) is 26.6 Å². The van der Waals surface area contributed by atoms with Crippen LogP contribution in [-0.2, 0) is 95.3 Å². The molecular formula is C69H104O20. The zero-order chi connectivity index (χ0) is 64.6. The average molecular weight is 1250 g/mol. The van der Waals surface area contributed by atoms with Gasteiger partial charge in [-0.25, -0.2) is 4.79 Å². The van der Waals surface area contributed by atoms with Crippen molar-refractivity contribution in [3.05, 3.63) is 0 Å². The summed E-state index contributed by atoms with van der Waals surface area (Å²) >= 11 is 0. The molecule has 8 heterocycles. The number of hydrogen-bond donors (Lipinski definition) is 0. The van der Waals surface area contributed by atoms with Crippen molar-refractivity contribution in [1.82, 2.24) is 0 Å². The Morgan fingerprint density at radius 3 is 1.34 bits per heavy atom. The molecule has 17 unspecified atom stereocenters. The topological polar surface area (TPSA) is 255 Å². The number of ether oxygens (including phenoxy) is 11. The highest BCUT2D eigenvalue weighted by Gasteiger charge is 2.58. The maximum Gasteiger partial charge on any atom is 0.344 e. The molecule has 16 fully saturated rings. The van der Waals surface area contributed by atoms with Gasteiger partial charge in [-0.3, -0.25) is 38.4 Å². The van der Waals surface area contributed by atoms with Gasteiger partial charge in [-0.1, -0.05) is 27.7 Å². The fraction of sp³-hybridized carbons (Fsp3) is 0.870. The van der Waals surface area contributed by atoms with Gasteiger partial charge in [-0.2, -0.15) is 0 Å². The number of hydrogen-bond acceptors (Lipinski definition) is 20. The van der Waals surface area contributed by atoms with Crippen LogP contribution in [-0.4, -0.2) is 128 Å². The number of rotatable bonds is 19. The first kappa shape index (κ1) is 68.5. The highest BCUT2D eigenvalue weighted by Crippen LogP contribution is 2.55. The molecule has 16 bridgehead atoms. The van der Waals surface area contributed by atoms with E-state index in [0.29, 0.717) is 68.3 Å². The van der Waals surface area contributed by atoms with Crippen molar-refractivity contribution < 1.29 is 95.3 Å². The standard InChI is InChI=1S/C18H26O6.C18H28O5.C17H26O5.C16H24O4/c1-4-17(2,3)16(21)22-10-14(19)24-18-7-11-5-12(8-18)15(20)23-13(6-11)9-18;1-4-17(2,3)16(20)21-5-6-22-18-9-12-7-13(10-18)15(19)23-14(8-12)11-18;1-4-17(2,3)16(19)21-9-20-14-11-5-10-6-12(8-11)15(18)22-13(14)7-10;1-4-15(2,3)14(18)20-16-7-10-5-11(8-16)13(17)19-12(6-10)9-16/h11-13H,4-10H2,1-3H3;12-14H,4-11H2,1-3H3;10-14H,4-9H2,1-3H3;10-12H,4-9H2,1-3H3. The van der Waals surface area contributed by atoms with Crippen LogP contribution in [0.3, 0.4) is 0 Å². The lowest BCUT2D eigenvalue weighted by molar-refractivity contribution is -0.190. The van der Waals surface area contributed by atoms with E-state index in [1.807, 2.05) is 69.2 Å². The summed E-state index contributed by atoms with van der Waals surface area (Å²) in [6, 6.07) is 0. The second-order valence-electron chi connectivity index (χ2n) is 31.5. The van der Waals surface area contributed by atoms with Gasteiger partial charge in [-0.05, 0) is 201 Å². The van der Waals surface area contributed by atoms with E-state index < -0.39 is 44.8 Å². The Kier molecular flexibility index (Phi) is 20.8. The van der Waals surface area contributed by atoms with Gasteiger partial charge in [-0.15, -0.1) is 0 Å². The van der Waals surface area contributed by atoms with Crippen molar-refractivity contribution >= 4 is 53.7 Å². The van der Waals surface area contributed by atoms with Crippen LogP contribution in [0.4, 0.5) is 0 Å². The van der Waals surface area contributed by atoms with E-state index in [9.17, 15) is 43.2 Å². The van der Waals surface area contributed by atoms with Crippen LogP contribution in [0.5, 0.6) is 0 Å². The monoisotopic (exact) mass is 1250 g/mol. The lowest BCUT2D eigenvalue weighted by atomic mass is 9.65. The molecule has 20 heteroatoms. The third-order valence-electron chi connectivity index (χ3n) is 22.8. The van der Waals surface area contributed by atoms with E-state index in [1.54, 1.807) is 13.8 Å². The molecule has 16 aliphatic rings. The van der Waals surface area contributed by atoms with E-state index in [1.165, 1.54) is 0 Å². The summed E-state index contributed by atoms with van der Waals surface area (Å²) in [7, 11) is 0. The second kappa shape index (κ2) is 27.0. The first-order valence-electron chi connectivity index (χ1n) is 33.8. The maximum atomic E-state index is 12.4. The molecule has 89 heavy (non-hydrogen) atoms. The molecule has 0 N–H and O–H groups in total. The van der Waals surface area contributed by atoms with Crippen LogP contribution in [0.1, 0.15) is 231 Å². The fourth-order valence-electron chi connectivity index (χ4n) is 16.5. The smallest absolute Gasteiger partial charge is 0.344 e. The summed E-state index contributed by atoms with van der Waals surface area (Å²) in [5, 5.41) is 0. The molecule has 0 spiro atoms. The minimum absolute atomic E-state index is 0.00956. The van der Waals surface area contributed by atoms with Crippen molar-refractivity contribution in [2.24, 2.45) is 74.9 Å². The fourth-order valence-corrected chi connectivity index (χ4v) is 16.5. The Morgan fingerprint density at radius 2 is 0.831 bits per heavy atom. The summed E-state index contributed by atoms with van der Waals surface area (Å²) in [6.45, 7) is 23.0. The van der Waals surface area contributed by atoms with Gasteiger partial charge in [0, 0.05) is 32.1 Å². The molecule has 20 nitrogen and oxygen atoms in total. The lowest BCUT2D eigenvalue weighted by Crippen LogP contribution is -2.49. The predicted octanol–water partition coefficient (Wildman–Crippen LogP) is 10.8. The molecule has 0 aromatic rings. The molecule has 0 radical (unpaired) electrons. The summed E-state index contributed by atoms with van der Waals surface area (Å²) in [4.78, 5) is 109. The lowest BCUT2D eigenvalue weighted by Gasteiger charge is -2.46. The molecule has 0 amide bonds. The minimum Gasteiger partial charge on any atom is -0.463 e. The molecule has 8 saturated carbocycles. The van der Waals surface area contributed by atoms with Gasteiger partial charge in [0.05, 0.1) is 57.5 Å². The van der Waals surface area contributed by atoms with Gasteiger partial charge in [0.15, 0.2) is 13.4 Å². The van der Waals surface area contributed by atoms with Gasteiger partial charge in [0.1, 0.15) is 48.3 Å². The molecule has 8 saturated heterocycles. The summed E-state index contributed by atoms with van der Waals surface area (Å²) in [5.41, 5.74) is -3.34. The van der Waals surface area contributed by atoms with Crippen LogP contribution in [0.25, 0.3) is 0 Å². The number of carbonyl (C=O) groups excluding carboxylic acids is 9. The van der Waals surface area contributed by atoms with Crippen LogP contribution >= 0.6 is 0 Å². The van der Waals surface area contributed by atoms with E-state index in [0.717, 1.165) is 116 Å². The first-order chi connectivity index (χ1) is 41.8. The molecule has 500 valence electrons. The normalized spacial score (nSPS) is 36.5. The predicted molar refractivity (Wildman–Crippen MR) is 319 cm³/mol. The van der Waals surface area contributed by atoms with Crippen molar-refractivity contribution in [2.45, 2.75) is 278 Å². The van der Waals surface area contributed by atoms with Crippen molar-refractivity contribution in [1.29, 1.82) is 0 Å². The third kappa shape index (κ3) is 16.0. The zero-order valence-corrected chi connectivity index (χ0v) is 55.3. The zero-order valence-electron chi connectivity index (χ0n) is 55.3. The molecule has 16 rings (SSSR count).